The van der Waals surface area contributed by atoms with Gasteiger partial charge in [-0.25, -0.2) is 0 Å². The van der Waals surface area contributed by atoms with Gasteiger partial charge in [-0.3, -0.25) is 4.79 Å². The Labute approximate surface area is 101 Å². The maximum atomic E-state index is 12.3. The van der Waals surface area contributed by atoms with Gasteiger partial charge in [0.15, 0.2) is 0 Å². The molecular formula is C12H19N3O2. The SMILES string of the molecule is CCN(C(=O)c1cc(C)no1)C1CCCNC1. The quantitative estimate of drug-likeness (QED) is 0.858. The third-order valence-electron chi connectivity index (χ3n) is 3.15. The number of aromatic nitrogens is 1. The Balaban J connectivity index is 2.09. The van der Waals surface area contributed by atoms with Gasteiger partial charge in [0.05, 0.1) is 5.69 Å². The van der Waals surface area contributed by atoms with Crippen LogP contribution in [0, 0.1) is 6.92 Å². The van der Waals surface area contributed by atoms with E-state index in [0.29, 0.717) is 12.3 Å². The molecule has 1 atom stereocenters. The molecule has 2 rings (SSSR count). The van der Waals surface area contributed by atoms with E-state index in [-0.39, 0.29) is 11.9 Å². The minimum Gasteiger partial charge on any atom is -0.351 e. The van der Waals surface area contributed by atoms with Crippen molar-refractivity contribution in [3.05, 3.63) is 17.5 Å². The summed E-state index contributed by atoms with van der Waals surface area (Å²) >= 11 is 0. The molecule has 17 heavy (non-hydrogen) atoms. The average molecular weight is 237 g/mol. The number of nitrogens with one attached hydrogen (secondary N) is 1. The van der Waals surface area contributed by atoms with Gasteiger partial charge in [-0.1, -0.05) is 5.16 Å². The number of amides is 1. The molecule has 2 heterocycles. The van der Waals surface area contributed by atoms with Gasteiger partial charge >= 0.3 is 0 Å². The highest BCUT2D eigenvalue weighted by Crippen LogP contribution is 2.14. The van der Waals surface area contributed by atoms with Gasteiger partial charge in [0, 0.05) is 25.2 Å². The van der Waals surface area contributed by atoms with Crippen LogP contribution < -0.4 is 5.32 Å². The Morgan fingerprint density at radius 1 is 1.71 bits per heavy atom. The molecule has 1 aromatic heterocycles. The van der Waals surface area contributed by atoms with Crippen molar-refractivity contribution >= 4 is 5.91 Å². The number of aryl methyl sites for hydroxylation is 1. The largest absolute Gasteiger partial charge is 0.351 e. The first-order valence-corrected chi connectivity index (χ1v) is 6.17. The van der Waals surface area contributed by atoms with E-state index >= 15 is 0 Å². The van der Waals surface area contributed by atoms with E-state index in [4.69, 9.17) is 4.52 Å². The van der Waals surface area contributed by atoms with Gasteiger partial charge in [0.25, 0.3) is 5.91 Å². The highest BCUT2D eigenvalue weighted by atomic mass is 16.5. The number of carbonyl (C=O) groups excluding carboxylic acids is 1. The molecule has 1 amide bonds. The smallest absolute Gasteiger partial charge is 0.292 e. The molecule has 1 unspecified atom stereocenters. The maximum absolute atomic E-state index is 12.3. The molecule has 0 radical (unpaired) electrons. The molecule has 0 spiro atoms. The lowest BCUT2D eigenvalue weighted by Gasteiger charge is -2.33. The zero-order chi connectivity index (χ0) is 12.3. The lowest BCUT2D eigenvalue weighted by atomic mass is 10.1. The first kappa shape index (κ1) is 12.1. The lowest BCUT2D eigenvalue weighted by molar-refractivity contribution is 0.0620. The van der Waals surface area contributed by atoms with E-state index in [9.17, 15) is 4.79 Å². The molecule has 1 N–H and O–H groups in total. The van der Waals surface area contributed by atoms with Crippen molar-refractivity contribution in [2.45, 2.75) is 32.7 Å². The highest BCUT2D eigenvalue weighted by Gasteiger charge is 2.26. The van der Waals surface area contributed by atoms with Crippen LogP contribution in [0.3, 0.4) is 0 Å². The predicted octanol–water partition coefficient (Wildman–Crippen LogP) is 1.20. The van der Waals surface area contributed by atoms with Gasteiger partial charge in [-0.05, 0) is 33.2 Å². The van der Waals surface area contributed by atoms with E-state index < -0.39 is 0 Å². The number of rotatable bonds is 3. The lowest BCUT2D eigenvalue weighted by Crippen LogP contribution is -2.48. The maximum Gasteiger partial charge on any atom is 0.292 e. The molecule has 1 fully saturated rings. The van der Waals surface area contributed by atoms with Crippen LogP contribution in [0.4, 0.5) is 0 Å². The molecule has 0 saturated carbocycles. The minimum absolute atomic E-state index is 0.0539. The Kier molecular flexibility index (Phi) is 3.78. The minimum atomic E-state index is -0.0539. The monoisotopic (exact) mass is 237 g/mol. The Hall–Kier alpha value is -1.36. The molecule has 1 aliphatic rings. The van der Waals surface area contributed by atoms with Crippen molar-refractivity contribution in [3.8, 4) is 0 Å². The number of hydrogen-bond donors (Lipinski definition) is 1. The van der Waals surface area contributed by atoms with Gasteiger partial charge in [-0.15, -0.1) is 0 Å². The van der Waals surface area contributed by atoms with Crippen LogP contribution in [-0.4, -0.2) is 41.6 Å². The second-order valence-corrected chi connectivity index (χ2v) is 4.42. The molecule has 94 valence electrons. The van der Waals surface area contributed by atoms with E-state index in [2.05, 4.69) is 10.5 Å². The van der Waals surface area contributed by atoms with Crippen LogP contribution in [0.2, 0.25) is 0 Å². The zero-order valence-corrected chi connectivity index (χ0v) is 10.4. The predicted molar refractivity (Wildman–Crippen MR) is 63.8 cm³/mol. The Morgan fingerprint density at radius 2 is 2.53 bits per heavy atom. The topological polar surface area (TPSA) is 58.4 Å². The summed E-state index contributed by atoms with van der Waals surface area (Å²) in [6.07, 6.45) is 2.17. The third kappa shape index (κ3) is 2.66. The fraction of sp³-hybridized carbons (Fsp3) is 0.667. The summed E-state index contributed by atoms with van der Waals surface area (Å²) < 4.78 is 5.04. The first-order valence-electron chi connectivity index (χ1n) is 6.17. The number of nitrogens with zero attached hydrogens (tertiary/aromatic N) is 2. The molecular weight excluding hydrogens is 218 g/mol. The Bertz CT molecular complexity index is 383. The second kappa shape index (κ2) is 5.31. The fourth-order valence-corrected chi connectivity index (χ4v) is 2.27. The fourth-order valence-electron chi connectivity index (χ4n) is 2.27. The molecule has 5 nitrogen and oxygen atoms in total. The van der Waals surface area contributed by atoms with Gasteiger partial charge in [0.1, 0.15) is 0 Å². The third-order valence-corrected chi connectivity index (χ3v) is 3.15. The van der Waals surface area contributed by atoms with E-state index in [1.54, 1.807) is 6.07 Å². The standard InChI is InChI=1S/C12H19N3O2/c1-3-15(10-5-4-6-13-8-10)12(16)11-7-9(2)14-17-11/h7,10,13H,3-6,8H2,1-2H3. The molecule has 5 heteroatoms. The van der Waals surface area contributed by atoms with Gasteiger partial charge in [-0.2, -0.15) is 0 Å². The van der Waals surface area contributed by atoms with Gasteiger partial charge < -0.3 is 14.7 Å². The average Bonchev–Trinajstić information content (AvgIpc) is 2.78. The summed E-state index contributed by atoms with van der Waals surface area (Å²) in [5, 5.41) is 7.08. The van der Waals surface area contributed by atoms with E-state index in [0.717, 1.165) is 31.6 Å². The van der Waals surface area contributed by atoms with Crippen molar-refractivity contribution < 1.29 is 9.32 Å². The van der Waals surface area contributed by atoms with Crippen LogP contribution in [0.25, 0.3) is 0 Å². The summed E-state index contributed by atoms with van der Waals surface area (Å²) in [4.78, 5) is 14.1. The number of piperidine rings is 1. The summed E-state index contributed by atoms with van der Waals surface area (Å²) in [5.41, 5.74) is 0.742. The summed E-state index contributed by atoms with van der Waals surface area (Å²) in [6.45, 7) is 6.43. The van der Waals surface area contributed by atoms with Crippen LogP contribution in [0.15, 0.2) is 10.6 Å². The molecule has 0 bridgehead atoms. The van der Waals surface area contributed by atoms with Crippen molar-refractivity contribution in [1.29, 1.82) is 0 Å². The normalized spacial score (nSPS) is 20.2. The molecule has 1 aromatic rings. The number of hydrogen-bond acceptors (Lipinski definition) is 4. The van der Waals surface area contributed by atoms with Crippen molar-refractivity contribution in [2.24, 2.45) is 0 Å². The molecule has 0 aromatic carbocycles. The zero-order valence-electron chi connectivity index (χ0n) is 10.4. The molecule has 1 saturated heterocycles. The molecule has 0 aliphatic carbocycles. The Morgan fingerprint density at radius 3 is 3.06 bits per heavy atom. The number of likely N-dealkylation sites (N-methyl/N-ethyl adjacent to an activating group) is 1. The van der Waals surface area contributed by atoms with Crippen LogP contribution in [0.5, 0.6) is 0 Å². The summed E-state index contributed by atoms with van der Waals surface area (Å²) in [7, 11) is 0. The molecule has 1 aliphatic heterocycles. The van der Waals surface area contributed by atoms with E-state index in [1.165, 1.54) is 0 Å². The summed E-state index contributed by atoms with van der Waals surface area (Å²) in [6, 6.07) is 1.97. The van der Waals surface area contributed by atoms with Gasteiger partial charge in [0.2, 0.25) is 5.76 Å². The van der Waals surface area contributed by atoms with E-state index in [1.807, 2.05) is 18.7 Å². The van der Waals surface area contributed by atoms with Crippen molar-refractivity contribution in [1.82, 2.24) is 15.4 Å². The summed E-state index contributed by atoms with van der Waals surface area (Å²) in [5.74, 6) is 0.289. The second-order valence-electron chi connectivity index (χ2n) is 4.42. The van der Waals surface area contributed by atoms with Crippen molar-refractivity contribution in [2.75, 3.05) is 19.6 Å². The van der Waals surface area contributed by atoms with Crippen LogP contribution in [0.1, 0.15) is 36.0 Å². The highest BCUT2D eigenvalue weighted by molar-refractivity contribution is 5.91. The number of carbonyl (C=O) groups is 1. The van der Waals surface area contributed by atoms with Crippen LogP contribution >= 0.6 is 0 Å². The van der Waals surface area contributed by atoms with Crippen molar-refractivity contribution in [3.63, 3.8) is 0 Å². The first-order chi connectivity index (χ1) is 8.22. The van der Waals surface area contributed by atoms with Crippen LogP contribution in [-0.2, 0) is 0 Å².